The fourth-order valence-electron chi connectivity index (χ4n) is 3.62. The molecule has 0 spiro atoms. The molecule has 1 saturated carbocycles. The monoisotopic (exact) mass is 274 g/mol. The number of hydrogen-bond acceptors (Lipinski definition) is 2. The van der Waals surface area contributed by atoms with E-state index in [1.165, 1.54) is 42.5 Å². The topological polar surface area (TPSA) is 29.3 Å². The molecule has 2 nitrogen and oxygen atoms in total. The predicted molar refractivity (Wildman–Crippen MR) is 88.4 cm³/mol. The number of anilines is 1. The fourth-order valence-corrected chi connectivity index (χ4v) is 3.62. The van der Waals surface area contributed by atoms with Crippen LogP contribution in [-0.2, 0) is 6.42 Å². The van der Waals surface area contributed by atoms with E-state index in [2.05, 4.69) is 50.9 Å². The molecule has 1 aromatic rings. The zero-order chi connectivity index (χ0) is 14.7. The number of nitrogens with two attached hydrogens (primary N) is 1. The predicted octanol–water partition coefficient (Wildman–Crippen LogP) is 3.90. The van der Waals surface area contributed by atoms with Gasteiger partial charge in [0, 0.05) is 24.8 Å². The van der Waals surface area contributed by atoms with Gasteiger partial charge in [0.05, 0.1) is 0 Å². The first-order valence-corrected chi connectivity index (χ1v) is 8.07. The molecule has 0 saturated heterocycles. The first-order chi connectivity index (χ1) is 9.49. The van der Waals surface area contributed by atoms with Crippen LogP contribution in [0.2, 0.25) is 0 Å². The molecule has 0 aromatic heterocycles. The highest BCUT2D eigenvalue weighted by Crippen LogP contribution is 2.32. The van der Waals surface area contributed by atoms with Crippen molar-refractivity contribution in [2.24, 2.45) is 11.7 Å². The number of hydrogen-bond donors (Lipinski definition) is 1. The molecule has 1 aliphatic carbocycles. The van der Waals surface area contributed by atoms with Crippen molar-refractivity contribution >= 4 is 5.69 Å². The van der Waals surface area contributed by atoms with Crippen molar-refractivity contribution in [1.29, 1.82) is 0 Å². The summed E-state index contributed by atoms with van der Waals surface area (Å²) in [6, 6.07) is 7.71. The Labute approximate surface area is 124 Å². The maximum absolute atomic E-state index is 6.03. The lowest BCUT2D eigenvalue weighted by atomic mass is 9.84. The van der Waals surface area contributed by atoms with Crippen LogP contribution in [0.25, 0.3) is 0 Å². The number of rotatable bonds is 4. The normalized spacial score (nSPS) is 24.4. The highest BCUT2D eigenvalue weighted by atomic mass is 15.1. The number of nitrogens with zero attached hydrogens (tertiary/aromatic N) is 1. The molecule has 0 heterocycles. The summed E-state index contributed by atoms with van der Waals surface area (Å²) in [6.45, 7) is 6.66. The van der Waals surface area contributed by atoms with E-state index in [-0.39, 0.29) is 6.04 Å². The van der Waals surface area contributed by atoms with Crippen LogP contribution in [-0.4, -0.2) is 19.1 Å². The van der Waals surface area contributed by atoms with E-state index in [9.17, 15) is 0 Å². The van der Waals surface area contributed by atoms with Gasteiger partial charge in [0.15, 0.2) is 0 Å². The zero-order valence-corrected chi connectivity index (χ0v) is 13.5. The summed E-state index contributed by atoms with van der Waals surface area (Å²) < 4.78 is 0. The summed E-state index contributed by atoms with van der Waals surface area (Å²) >= 11 is 0. The van der Waals surface area contributed by atoms with Crippen LogP contribution in [0.15, 0.2) is 18.2 Å². The molecular weight excluding hydrogens is 244 g/mol. The lowest BCUT2D eigenvalue weighted by Gasteiger charge is -2.38. The van der Waals surface area contributed by atoms with E-state index in [1.54, 1.807) is 0 Å². The Balaban J connectivity index is 2.25. The van der Waals surface area contributed by atoms with Gasteiger partial charge in [0.2, 0.25) is 0 Å². The third-order valence-electron chi connectivity index (χ3n) is 4.72. The van der Waals surface area contributed by atoms with Crippen LogP contribution in [0.1, 0.15) is 50.7 Å². The average molecular weight is 274 g/mol. The SMILES string of the molecule is Cc1ccc(N(C)C2CCCCC2C)c(CC(C)N)c1. The van der Waals surface area contributed by atoms with Crippen molar-refractivity contribution in [1.82, 2.24) is 0 Å². The minimum absolute atomic E-state index is 0.215. The molecule has 0 radical (unpaired) electrons. The Hall–Kier alpha value is -1.02. The molecule has 3 unspecified atom stereocenters. The summed E-state index contributed by atoms with van der Waals surface area (Å²) in [7, 11) is 2.27. The molecule has 1 aliphatic rings. The minimum atomic E-state index is 0.215. The first kappa shape index (κ1) is 15.4. The van der Waals surface area contributed by atoms with E-state index in [0.717, 1.165) is 12.3 Å². The molecule has 0 bridgehead atoms. The number of benzene rings is 1. The zero-order valence-electron chi connectivity index (χ0n) is 13.5. The third kappa shape index (κ3) is 3.54. The molecule has 112 valence electrons. The van der Waals surface area contributed by atoms with Crippen molar-refractivity contribution in [2.45, 2.75) is 65.0 Å². The summed E-state index contributed by atoms with van der Waals surface area (Å²) in [5.74, 6) is 0.790. The fraction of sp³-hybridized carbons (Fsp3) is 0.667. The molecule has 2 rings (SSSR count). The largest absolute Gasteiger partial charge is 0.371 e. The highest BCUT2D eigenvalue weighted by Gasteiger charge is 2.26. The third-order valence-corrected chi connectivity index (χ3v) is 4.72. The lowest BCUT2D eigenvalue weighted by Crippen LogP contribution is -2.39. The summed E-state index contributed by atoms with van der Waals surface area (Å²) in [5.41, 5.74) is 10.1. The standard InChI is InChI=1S/C18H30N2/c1-13-9-10-18(16(11-13)12-15(3)19)20(4)17-8-6-5-7-14(17)2/h9-11,14-15,17H,5-8,12,19H2,1-4H3. The Kier molecular flexibility index (Phi) is 5.09. The van der Waals surface area contributed by atoms with Gasteiger partial charge in [-0.15, -0.1) is 0 Å². The van der Waals surface area contributed by atoms with Gasteiger partial charge in [-0.05, 0) is 50.7 Å². The second kappa shape index (κ2) is 6.62. The van der Waals surface area contributed by atoms with E-state index < -0.39 is 0 Å². The van der Waals surface area contributed by atoms with Gasteiger partial charge in [-0.25, -0.2) is 0 Å². The highest BCUT2D eigenvalue weighted by molar-refractivity contribution is 5.55. The van der Waals surface area contributed by atoms with Crippen LogP contribution in [0, 0.1) is 12.8 Å². The van der Waals surface area contributed by atoms with Gasteiger partial charge >= 0.3 is 0 Å². The van der Waals surface area contributed by atoms with Crippen LogP contribution in [0.4, 0.5) is 5.69 Å². The van der Waals surface area contributed by atoms with Gasteiger partial charge in [-0.3, -0.25) is 0 Å². The first-order valence-electron chi connectivity index (χ1n) is 8.07. The number of aryl methyl sites for hydroxylation is 1. The van der Waals surface area contributed by atoms with Gasteiger partial charge < -0.3 is 10.6 Å². The maximum atomic E-state index is 6.03. The van der Waals surface area contributed by atoms with Crippen LogP contribution in [0.3, 0.4) is 0 Å². The van der Waals surface area contributed by atoms with Gasteiger partial charge in [-0.1, -0.05) is 37.5 Å². The summed E-state index contributed by atoms with van der Waals surface area (Å²) in [5, 5.41) is 0. The Morgan fingerprint density at radius 1 is 1.30 bits per heavy atom. The van der Waals surface area contributed by atoms with E-state index in [1.807, 2.05) is 0 Å². The molecule has 2 N–H and O–H groups in total. The molecule has 20 heavy (non-hydrogen) atoms. The van der Waals surface area contributed by atoms with Gasteiger partial charge in [0.25, 0.3) is 0 Å². The Morgan fingerprint density at radius 3 is 2.65 bits per heavy atom. The molecule has 2 heteroatoms. The smallest absolute Gasteiger partial charge is 0.0399 e. The molecule has 0 amide bonds. The van der Waals surface area contributed by atoms with Crippen molar-refractivity contribution in [3.63, 3.8) is 0 Å². The van der Waals surface area contributed by atoms with Crippen molar-refractivity contribution in [3.05, 3.63) is 29.3 Å². The average Bonchev–Trinajstić information content (AvgIpc) is 2.38. The maximum Gasteiger partial charge on any atom is 0.0399 e. The molecular formula is C18H30N2. The lowest BCUT2D eigenvalue weighted by molar-refractivity contribution is 0.321. The van der Waals surface area contributed by atoms with Gasteiger partial charge in [-0.2, -0.15) is 0 Å². The van der Waals surface area contributed by atoms with Crippen molar-refractivity contribution < 1.29 is 0 Å². The Bertz CT molecular complexity index is 439. The van der Waals surface area contributed by atoms with Crippen LogP contribution in [0.5, 0.6) is 0 Å². The molecule has 1 fully saturated rings. The minimum Gasteiger partial charge on any atom is -0.371 e. The van der Waals surface area contributed by atoms with Crippen molar-refractivity contribution in [2.75, 3.05) is 11.9 Å². The quantitative estimate of drug-likeness (QED) is 0.902. The second-order valence-electron chi connectivity index (χ2n) is 6.75. The summed E-state index contributed by atoms with van der Waals surface area (Å²) in [6.07, 6.45) is 6.41. The van der Waals surface area contributed by atoms with Crippen LogP contribution < -0.4 is 10.6 Å². The van der Waals surface area contributed by atoms with E-state index in [4.69, 9.17) is 5.73 Å². The van der Waals surface area contributed by atoms with Crippen LogP contribution >= 0.6 is 0 Å². The summed E-state index contributed by atoms with van der Waals surface area (Å²) in [4.78, 5) is 2.51. The second-order valence-corrected chi connectivity index (χ2v) is 6.75. The molecule has 0 aliphatic heterocycles. The van der Waals surface area contributed by atoms with E-state index in [0.29, 0.717) is 6.04 Å². The molecule has 3 atom stereocenters. The Morgan fingerprint density at radius 2 is 2.00 bits per heavy atom. The molecule has 1 aromatic carbocycles. The van der Waals surface area contributed by atoms with E-state index >= 15 is 0 Å². The van der Waals surface area contributed by atoms with Gasteiger partial charge in [0.1, 0.15) is 0 Å². The van der Waals surface area contributed by atoms with Crippen molar-refractivity contribution in [3.8, 4) is 0 Å².